The summed E-state index contributed by atoms with van der Waals surface area (Å²) in [7, 11) is 0. The fourth-order valence-electron chi connectivity index (χ4n) is 5.54. The zero-order valence-corrected chi connectivity index (χ0v) is 21.2. The summed E-state index contributed by atoms with van der Waals surface area (Å²) in [5.41, 5.74) is 3.02. The number of aromatic nitrogens is 1. The molecular weight excluding hydrogens is 474 g/mol. The molecule has 2 aromatic heterocycles. The first-order valence-corrected chi connectivity index (χ1v) is 13.7. The molecule has 188 valence electrons. The van der Waals surface area contributed by atoms with Gasteiger partial charge in [0.05, 0.1) is 28.6 Å². The molecule has 0 unspecified atom stereocenters. The van der Waals surface area contributed by atoms with E-state index in [9.17, 15) is 9.59 Å². The van der Waals surface area contributed by atoms with Crippen molar-refractivity contribution in [1.82, 2.24) is 15.6 Å². The van der Waals surface area contributed by atoms with Crippen molar-refractivity contribution in [3.8, 4) is 5.75 Å². The Morgan fingerprint density at radius 2 is 2.00 bits per heavy atom. The first-order valence-electron chi connectivity index (χ1n) is 12.9. The predicted molar refractivity (Wildman–Crippen MR) is 143 cm³/mol. The number of aryl methyl sites for hydroxylation is 1. The molecule has 1 aliphatic carbocycles. The zero-order valence-electron chi connectivity index (χ0n) is 20.4. The number of carbonyl (C=O) groups excluding carboxylic acids is 2. The third-order valence-electron chi connectivity index (χ3n) is 7.35. The van der Waals surface area contributed by atoms with Gasteiger partial charge in [0.15, 0.2) is 0 Å². The number of urea groups is 1. The summed E-state index contributed by atoms with van der Waals surface area (Å²) in [6.07, 6.45) is 9.86. The molecule has 6 rings (SSSR count). The van der Waals surface area contributed by atoms with Gasteiger partial charge in [0, 0.05) is 18.8 Å². The number of amides is 3. The van der Waals surface area contributed by atoms with Crippen LogP contribution in [0.5, 0.6) is 5.75 Å². The van der Waals surface area contributed by atoms with Crippen LogP contribution in [0.25, 0.3) is 10.2 Å². The van der Waals surface area contributed by atoms with Gasteiger partial charge < -0.3 is 20.7 Å². The molecule has 4 heterocycles. The first-order chi connectivity index (χ1) is 17.6. The highest BCUT2D eigenvalue weighted by Crippen LogP contribution is 2.46. The summed E-state index contributed by atoms with van der Waals surface area (Å²) >= 11 is 1.32. The van der Waals surface area contributed by atoms with Crippen LogP contribution in [-0.4, -0.2) is 42.2 Å². The minimum Gasteiger partial charge on any atom is -0.490 e. The van der Waals surface area contributed by atoms with Crippen LogP contribution in [0.4, 0.5) is 21.9 Å². The number of pyridine rings is 1. The number of piperidine rings is 1. The fraction of sp³-hybridized carbons (Fsp3) is 0.444. The van der Waals surface area contributed by atoms with Crippen LogP contribution in [0, 0.1) is 6.92 Å². The molecule has 0 spiro atoms. The van der Waals surface area contributed by atoms with Gasteiger partial charge in [-0.2, -0.15) is 0 Å². The maximum absolute atomic E-state index is 13.4. The second-order valence-electron chi connectivity index (χ2n) is 9.92. The molecule has 3 aliphatic rings. The van der Waals surface area contributed by atoms with E-state index >= 15 is 0 Å². The quantitative estimate of drug-likeness (QED) is 0.427. The molecule has 2 fully saturated rings. The van der Waals surface area contributed by atoms with Crippen LogP contribution < -0.4 is 25.6 Å². The summed E-state index contributed by atoms with van der Waals surface area (Å²) in [5.74, 6) is 0.676. The van der Waals surface area contributed by atoms with E-state index in [0.29, 0.717) is 10.6 Å². The molecule has 36 heavy (non-hydrogen) atoms. The average molecular weight is 506 g/mol. The van der Waals surface area contributed by atoms with Crippen molar-refractivity contribution in [2.24, 2.45) is 0 Å². The molecule has 0 radical (unpaired) electrons. The summed E-state index contributed by atoms with van der Waals surface area (Å²) < 4.78 is 6.23. The molecule has 1 atom stereocenters. The molecule has 1 saturated heterocycles. The Labute approximate surface area is 214 Å². The van der Waals surface area contributed by atoms with Crippen molar-refractivity contribution in [2.75, 3.05) is 23.3 Å². The highest BCUT2D eigenvalue weighted by atomic mass is 32.1. The van der Waals surface area contributed by atoms with E-state index < -0.39 is 0 Å². The molecule has 3 N–H and O–H groups in total. The number of hydrogen-bond acceptors (Lipinski definition) is 6. The van der Waals surface area contributed by atoms with Crippen LogP contribution in [0.3, 0.4) is 0 Å². The van der Waals surface area contributed by atoms with Gasteiger partial charge in [0.1, 0.15) is 15.5 Å². The zero-order chi connectivity index (χ0) is 24.6. The lowest BCUT2D eigenvalue weighted by molar-refractivity contribution is 0.0935. The second-order valence-corrected chi connectivity index (χ2v) is 10.9. The summed E-state index contributed by atoms with van der Waals surface area (Å²) in [4.78, 5) is 34.0. The molecule has 9 heteroatoms. The maximum Gasteiger partial charge on any atom is 0.331 e. The number of thiophene rings is 1. The van der Waals surface area contributed by atoms with E-state index in [1.165, 1.54) is 30.6 Å². The van der Waals surface area contributed by atoms with Crippen LogP contribution >= 0.6 is 11.3 Å². The molecule has 3 aromatic rings. The third kappa shape index (κ3) is 4.30. The smallest absolute Gasteiger partial charge is 0.331 e. The van der Waals surface area contributed by atoms with Crippen LogP contribution in [-0.2, 0) is 0 Å². The first kappa shape index (κ1) is 23.2. The molecular formula is C27H31N5O3S. The van der Waals surface area contributed by atoms with E-state index in [0.717, 1.165) is 71.7 Å². The molecule has 2 aliphatic heterocycles. The molecule has 8 nitrogen and oxygen atoms in total. The summed E-state index contributed by atoms with van der Waals surface area (Å²) in [6, 6.07) is 7.55. The fourth-order valence-corrected chi connectivity index (χ4v) is 6.56. The van der Waals surface area contributed by atoms with E-state index in [1.54, 1.807) is 11.1 Å². The highest BCUT2D eigenvalue weighted by Gasteiger charge is 2.34. The van der Waals surface area contributed by atoms with Gasteiger partial charge in [-0.3, -0.25) is 9.69 Å². The van der Waals surface area contributed by atoms with Gasteiger partial charge in [0.2, 0.25) is 0 Å². The third-order valence-corrected chi connectivity index (χ3v) is 8.44. The van der Waals surface area contributed by atoms with E-state index in [2.05, 4.69) is 20.9 Å². The number of benzene rings is 1. The number of nitrogens with one attached hydrogen (secondary N) is 3. The number of rotatable bonds is 5. The van der Waals surface area contributed by atoms with Gasteiger partial charge in [-0.25, -0.2) is 9.78 Å². The highest BCUT2D eigenvalue weighted by molar-refractivity contribution is 7.21. The molecule has 3 amide bonds. The Bertz CT molecular complexity index is 1310. The molecule has 0 bridgehead atoms. The van der Waals surface area contributed by atoms with E-state index in [1.807, 2.05) is 31.2 Å². The van der Waals surface area contributed by atoms with Crippen molar-refractivity contribution in [3.63, 3.8) is 0 Å². The van der Waals surface area contributed by atoms with Crippen molar-refractivity contribution in [1.29, 1.82) is 0 Å². The normalized spacial score (nSPS) is 20.3. The van der Waals surface area contributed by atoms with Crippen LogP contribution in [0.1, 0.15) is 60.2 Å². The van der Waals surface area contributed by atoms with Gasteiger partial charge in [0.25, 0.3) is 5.91 Å². The minimum absolute atomic E-state index is 0.0869. The van der Waals surface area contributed by atoms with E-state index in [-0.39, 0.29) is 24.1 Å². The van der Waals surface area contributed by atoms with E-state index in [4.69, 9.17) is 4.74 Å². The Hall–Kier alpha value is -3.17. The van der Waals surface area contributed by atoms with Crippen molar-refractivity contribution in [3.05, 3.63) is 40.9 Å². The lowest BCUT2D eigenvalue weighted by Gasteiger charge is -2.30. The lowest BCUT2D eigenvalue weighted by Crippen LogP contribution is -2.45. The Kier molecular flexibility index (Phi) is 6.27. The Morgan fingerprint density at radius 1 is 1.14 bits per heavy atom. The largest absolute Gasteiger partial charge is 0.490 e. The standard InChI is InChI=1S/C27H31N5O3S/c1-16-14-19(35-18-7-3-2-4-8-18)9-10-20(16)32-21-11-13-29-26-22(21)23(31-27(32)34)24(36-26)25(33)30-17-6-5-12-28-15-17/h9-11,13-14,17-18,28H,2-8,12,15H2,1H3,(H,30,33)(H,31,34)/t17-/m1/s1. The minimum atomic E-state index is -0.286. The number of anilines is 3. The summed E-state index contributed by atoms with van der Waals surface area (Å²) in [5, 5.41) is 10.2. The monoisotopic (exact) mass is 505 g/mol. The number of hydrogen-bond donors (Lipinski definition) is 3. The van der Waals surface area contributed by atoms with Crippen LogP contribution in [0.2, 0.25) is 0 Å². The molecule has 1 saturated carbocycles. The van der Waals surface area contributed by atoms with Crippen LogP contribution in [0.15, 0.2) is 30.5 Å². The summed E-state index contributed by atoms with van der Waals surface area (Å²) in [6.45, 7) is 3.73. The molecule has 1 aromatic carbocycles. The van der Waals surface area contributed by atoms with Gasteiger partial charge in [-0.05, 0) is 81.8 Å². The van der Waals surface area contributed by atoms with Crippen molar-refractivity contribution < 1.29 is 14.3 Å². The van der Waals surface area contributed by atoms with Gasteiger partial charge in [-0.1, -0.05) is 6.42 Å². The van der Waals surface area contributed by atoms with Crippen molar-refractivity contribution in [2.45, 2.75) is 64.0 Å². The lowest BCUT2D eigenvalue weighted by atomic mass is 9.98. The van der Waals surface area contributed by atoms with Gasteiger partial charge in [-0.15, -0.1) is 11.3 Å². The van der Waals surface area contributed by atoms with Crippen molar-refractivity contribution >= 4 is 50.6 Å². The number of carbonyl (C=O) groups is 2. The predicted octanol–water partition coefficient (Wildman–Crippen LogP) is 5.48. The second kappa shape index (κ2) is 9.71. The Balaban J connectivity index is 1.31. The Morgan fingerprint density at radius 3 is 2.78 bits per heavy atom. The topological polar surface area (TPSA) is 95.6 Å². The van der Waals surface area contributed by atoms with Gasteiger partial charge >= 0.3 is 6.03 Å². The maximum atomic E-state index is 13.4. The number of nitrogens with zero attached hydrogens (tertiary/aromatic N) is 2. The SMILES string of the molecule is Cc1cc(OC2CCCCC2)ccc1N1C(=O)Nc2c(C(=O)N[C@@H]3CCCNC3)sc3nccc1c23. The number of ether oxygens (including phenoxy) is 1. The average Bonchev–Trinajstić information content (AvgIpc) is 3.26.